The van der Waals surface area contributed by atoms with E-state index in [4.69, 9.17) is 4.74 Å². The average molecular weight is 459 g/mol. The van der Waals surface area contributed by atoms with Crippen LogP contribution in [-0.2, 0) is 19.1 Å². The van der Waals surface area contributed by atoms with E-state index in [9.17, 15) is 24.6 Å². The van der Waals surface area contributed by atoms with Gasteiger partial charge in [0.15, 0.2) is 12.4 Å². The molecule has 7 atom stereocenters. The highest BCUT2D eigenvalue weighted by molar-refractivity contribution is 6.01. The smallest absolute Gasteiger partial charge is 0.306 e. The van der Waals surface area contributed by atoms with Crippen molar-refractivity contribution in [2.45, 2.75) is 84.8 Å². The molecule has 6 heteroatoms. The quantitative estimate of drug-likeness (QED) is 0.625. The van der Waals surface area contributed by atoms with Crippen LogP contribution in [0, 0.1) is 34.0 Å². The van der Waals surface area contributed by atoms with Crippen molar-refractivity contribution < 1.29 is 29.3 Å². The molecular weight excluding hydrogens is 420 g/mol. The van der Waals surface area contributed by atoms with E-state index in [2.05, 4.69) is 6.92 Å². The molecule has 0 aromatic heterocycles. The SMILES string of the molecule is CC(C)(C)CC(=O)OCC(=O)C1(O)CCC2C3CCC4=CC(=O)C=CC4(C)C3C(O)CC21C. The number of Topliss-reactive ketones (excluding diaryl/α,β-unsaturated/α-hetero) is 1. The molecule has 2 N–H and O–H groups in total. The monoisotopic (exact) mass is 458 g/mol. The van der Waals surface area contributed by atoms with Crippen LogP contribution in [0.1, 0.15) is 73.1 Å². The highest BCUT2D eigenvalue weighted by Crippen LogP contribution is 2.67. The molecule has 182 valence electrons. The Balaban J connectivity index is 1.55. The van der Waals surface area contributed by atoms with Crippen molar-refractivity contribution in [1.29, 1.82) is 0 Å². The van der Waals surface area contributed by atoms with Crippen molar-refractivity contribution >= 4 is 17.5 Å². The van der Waals surface area contributed by atoms with Gasteiger partial charge in [-0.1, -0.05) is 46.3 Å². The van der Waals surface area contributed by atoms with E-state index in [0.29, 0.717) is 19.3 Å². The van der Waals surface area contributed by atoms with Gasteiger partial charge in [-0.15, -0.1) is 0 Å². The fourth-order valence-corrected chi connectivity index (χ4v) is 7.54. The van der Waals surface area contributed by atoms with Crippen LogP contribution in [0.3, 0.4) is 0 Å². The van der Waals surface area contributed by atoms with Crippen LogP contribution >= 0.6 is 0 Å². The minimum Gasteiger partial charge on any atom is -0.458 e. The molecular formula is C27H38O6. The lowest BCUT2D eigenvalue weighted by atomic mass is 9.46. The molecule has 0 heterocycles. The number of fused-ring (bicyclic) bond motifs is 5. The second-order valence-electron chi connectivity index (χ2n) is 12.4. The molecule has 3 fully saturated rings. The second kappa shape index (κ2) is 7.88. The first-order valence-electron chi connectivity index (χ1n) is 12.2. The highest BCUT2D eigenvalue weighted by atomic mass is 16.5. The maximum absolute atomic E-state index is 13.2. The van der Waals surface area contributed by atoms with Gasteiger partial charge < -0.3 is 14.9 Å². The van der Waals surface area contributed by atoms with Crippen molar-refractivity contribution in [3.8, 4) is 0 Å². The Morgan fingerprint density at radius 3 is 2.58 bits per heavy atom. The third kappa shape index (κ3) is 3.83. The average Bonchev–Trinajstić information content (AvgIpc) is 2.96. The fraction of sp³-hybridized carbons (Fsp3) is 0.741. The zero-order valence-electron chi connectivity index (χ0n) is 20.5. The molecule has 33 heavy (non-hydrogen) atoms. The number of hydrogen-bond acceptors (Lipinski definition) is 6. The predicted molar refractivity (Wildman–Crippen MR) is 123 cm³/mol. The Hall–Kier alpha value is -1.79. The van der Waals surface area contributed by atoms with Gasteiger partial charge in [0.2, 0.25) is 5.78 Å². The number of hydrogen-bond donors (Lipinski definition) is 2. The number of allylic oxidation sites excluding steroid dienone is 4. The van der Waals surface area contributed by atoms with Gasteiger partial charge in [0.1, 0.15) is 5.60 Å². The van der Waals surface area contributed by atoms with Crippen molar-refractivity contribution in [2.75, 3.05) is 6.61 Å². The second-order valence-corrected chi connectivity index (χ2v) is 12.4. The third-order valence-corrected chi connectivity index (χ3v) is 9.15. The maximum atomic E-state index is 13.2. The number of carbonyl (C=O) groups excluding carboxylic acids is 3. The van der Waals surface area contributed by atoms with Crippen LogP contribution in [0.4, 0.5) is 0 Å². The van der Waals surface area contributed by atoms with Crippen LogP contribution in [0.5, 0.6) is 0 Å². The minimum absolute atomic E-state index is 0.00194. The van der Waals surface area contributed by atoms with Gasteiger partial charge in [-0.25, -0.2) is 0 Å². The van der Waals surface area contributed by atoms with Crippen LogP contribution < -0.4 is 0 Å². The van der Waals surface area contributed by atoms with Crippen LogP contribution in [0.15, 0.2) is 23.8 Å². The summed E-state index contributed by atoms with van der Waals surface area (Å²) in [6.07, 6.45) is 7.70. The summed E-state index contributed by atoms with van der Waals surface area (Å²) < 4.78 is 5.25. The zero-order valence-corrected chi connectivity index (χ0v) is 20.5. The van der Waals surface area contributed by atoms with E-state index in [0.717, 1.165) is 18.4 Å². The Morgan fingerprint density at radius 2 is 1.91 bits per heavy atom. The molecule has 3 saturated carbocycles. The topological polar surface area (TPSA) is 101 Å². The van der Waals surface area contributed by atoms with Crippen LogP contribution in [0.25, 0.3) is 0 Å². The largest absolute Gasteiger partial charge is 0.458 e. The van der Waals surface area contributed by atoms with E-state index in [-0.39, 0.29) is 40.8 Å². The van der Waals surface area contributed by atoms with Crippen molar-refractivity contribution in [3.63, 3.8) is 0 Å². The molecule has 0 aromatic rings. The predicted octanol–water partition coefficient (Wildman–Crippen LogP) is 3.54. The Labute approximate surface area is 196 Å². The summed E-state index contributed by atoms with van der Waals surface area (Å²) in [5.74, 6) is -0.745. The summed E-state index contributed by atoms with van der Waals surface area (Å²) >= 11 is 0. The number of ether oxygens (including phenoxy) is 1. The summed E-state index contributed by atoms with van der Waals surface area (Å²) in [5.41, 5.74) is -1.96. The van der Waals surface area contributed by atoms with Gasteiger partial charge in [-0.2, -0.15) is 0 Å². The standard InChI is InChI=1S/C27H38O6/c1-24(2,3)14-22(31)33-15-21(30)27(32)11-9-19-18-7-6-16-12-17(28)8-10-25(16,4)23(18)20(29)13-26(19,27)5/h8,10,12,18-20,23,29,32H,6-7,9,11,13-15H2,1-5H3. The molecule has 4 aliphatic rings. The lowest BCUT2D eigenvalue weighted by Gasteiger charge is -2.59. The van der Waals surface area contributed by atoms with Crippen molar-refractivity contribution in [1.82, 2.24) is 0 Å². The summed E-state index contributed by atoms with van der Waals surface area (Å²) in [6.45, 7) is 9.37. The van der Waals surface area contributed by atoms with Gasteiger partial charge >= 0.3 is 5.97 Å². The Morgan fingerprint density at radius 1 is 1.21 bits per heavy atom. The first-order chi connectivity index (χ1) is 15.2. The number of rotatable bonds is 4. The summed E-state index contributed by atoms with van der Waals surface area (Å²) in [6, 6.07) is 0. The molecule has 0 amide bonds. The van der Waals surface area contributed by atoms with Crippen molar-refractivity contribution in [2.24, 2.45) is 34.0 Å². The van der Waals surface area contributed by atoms with Gasteiger partial charge in [-0.3, -0.25) is 14.4 Å². The van der Waals surface area contributed by atoms with E-state index in [1.54, 1.807) is 12.2 Å². The molecule has 7 unspecified atom stereocenters. The van der Waals surface area contributed by atoms with Crippen LogP contribution in [0.2, 0.25) is 0 Å². The van der Waals surface area contributed by atoms with E-state index in [1.807, 2.05) is 33.8 Å². The van der Waals surface area contributed by atoms with Gasteiger partial charge in [0.25, 0.3) is 0 Å². The summed E-state index contributed by atoms with van der Waals surface area (Å²) in [4.78, 5) is 37.3. The van der Waals surface area contributed by atoms with E-state index in [1.165, 1.54) is 0 Å². The lowest BCUT2D eigenvalue weighted by molar-refractivity contribution is -0.181. The lowest BCUT2D eigenvalue weighted by Crippen LogP contribution is -2.61. The summed E-state index contributed by atoms with van der Waals surface area (Å²) in [7, 11) is 0. The molecule has 0 saturated heterocycles. The molecule has 6 nitrogen and oxygen atoms in total. The molecule has 4 aliphatic carbocycles. The number of esters is 1. The third-order valence-electron chi connectivity index (χ3n) is 9.15. The Kier molecular flexibility index (Phi) is 5.81. The summed E-state index contributed by atoms with van der Waals surface area (Å²) in [5, 5.41) is 23.1. The van der Waals surface area contributed by atoms with Crippen molar-refractivity contribution in [3.05, 3.63) is 23.8 Å². The van der Waals surface area contributed by atoms with Gasteiger partial charge in [0, 0.05) is 16.7 Å². The van der Waals surface area contributed by atoms with E-state index < -0.39 is 35.5 Å². The van der Waals surface area contributed by atoms with E-state index >= 15 is 0 Å². The number of aliphatic hydroxyl groups is 2. The first kappa shape index (κ1) is 24.3. The minimum atomic E-state index is -1.62. The maximum Gasteiger partial charge on any atom is 0.306 e. The Bertz CT molecular complexity index is 925. The molecule has 0 bridgehead atoms. The fourth-order valence-electron chi connectivity index (χ4n) is 7.54. The highest BCUT2D eigenvalue weighted by Gasteiger charge is 2.68. The normalized spacial score (nSPS) is 42.2. The molecule has 0 aliphatic heterocycles. The molecule has 0 radical (unpaired) electrons. The van der Waals surface area contributed by atoms with Gasteiger partial charge in [0.05, 0.1) is 12.5 Å². The molecule has 0 aromatic carbocycles. The molecule has 0 spiro atoms. The first-order valence-corrected chi connectivity index (χ1v) is 12.2. The zero-order chi connectivity index (χ0) is 24.4. The van der Waals surface area contributed by atoms with Gasteiger partial charge in [-0.05, 0) is 61.5 Å². The van der Waals surface area contributed by atoms with Crippen LogP contribution in [-0.4, -0.2) is 46.1 Å². The number of ketones is 2. The molecule has 4 rings (SSSR count). The number of carbonyl (C=O) groups is 3. The number of aliphatic hydroxyl groups excluding tert-OH is 1.